The number of benzene rings is 2. The predicted octanol–water partition coefficient (Wildman–Crippen LogP) is 3.75. The van der Waals surface area contributed by atoms with E-state index in [0.29, 0.717) is 25.3 Å². The zero-order valence-corrected chi connectivity index (χ0v) is 20.2. The van der Waals surface area contributed by atoms with Crippen LogP contribution in [-0.4, -0.2) is 61.9 Å². The van der Waals surface area contributed by atoms with E-state index in [2.05, 4.69) is 10.2 Å². The first-order chi connectivity index (χ1) is 17.0. The van der Waals surface area contributed by atoms with E-state index in [-0.39, 0.29) is 11.9 Å². The molecule has 4 aliphatic rings. The lowest BCUT2D eigenvalue weighted by molar-refractivity contribution is -0.231. The predicted molar refractivity (Wildman–Crippen MR) is 133 cm³/mol. The summed E-state index contributed by atoms with van der Waals surface area (Å²) in [4.78, 5) is 31.1. The van der Waals surface area contributed by atoms with Gasteiger partial charge in [0.1, 0.15) is 5.75 Å². The van der Waals surface area contributed by atoms with Gasteiger partial charge < -0.3 is 14.8 Å². The fraction of sp³-hybridized carbons (Fsp3) is 0.481. The molecule has 2 aromatic carbocycles. The van der Waals surface area contributed by atoms with Crippen LogP contribution in [0.4, 0.5) is 16.2 Å². The Balaban J connectivity index is 1.12. The summed E-state index contributed by atoms with van der Waals surface area (Å²) in [5, 5.41) is 2.61. The number of rotatable bonds is 4. The molecule has 8 heteroatoms. The van der Waals surface area contributed by atoms with Crippen LogP contribution in [0, 0.1) is 0 Å². The van der Waals surface area contributed by atoms with Gasteiger partial charge in [-0.2, -0.15) is 0 Å². The molecule has 1 aliphatic carbocycles. The van der Waals surface area contributed by atoms with E-state index in [1.54, 1.807) is 29.0 Å². The van der Waals surface area contributed by atoms with E-state index in [9.17, 15) is 9.59 Å². The summed E-state index contributed by atoms with van der Waals surface area (Å²) in [6, 6.07) is 13.8. The van der Waals surface area contributed by atoms with Crippen molar-refractivity contribution in [2.24, 2.45) is 0 Å². The van der Waals surface area contributed by atoms with Crippen LogP contribution >= 0.6 is 0 Å². The highest BCUT2D eigenvalue weighted by Crippen LogP contribution is 2.41. The van der Waals surface area contributed by atoms with Crippen LogP contribution in [0.3, 0.4) is 0 Å². The molecule has 2 aromatic rings. The minimum Gasteiger partial charge on any atom is -0.462 e. The third-order valence-corrected chi connectivity index (χ3v) is 7.97. The van der Waals surface area contributed by atoms with Crippen LogP contribution in [0.5, 0.6) is 5.75 Å². The number of amides is 3. The highest BCUT2D eigenvalue weighted by atomic mass is 16.7. The zero-order chi connectivity index (χ0) is 24.0. The van der Waals surface area contributed by atoms with Crippen molar-refractivity contribution in [2.75, 3.05) is 43.0 Å². The van der Waals surface area contributed by atoms with Crippen LogP contribution in [0.2, 0.25) is 0 Å². The Labute approximate surface area is 205 Å². The Hall–Kier alpha value is -3.10. The van der Waals surface area contributed by atoms with Crippen molar-refractivity contribution in [3.05, 3.63) is 53.6 Å². The van der Waals surface area contributed by atoms with Gasteiger partial charge in [-0.05, 0) is 55.3 Å². The standard InChI is InChI=1S/C27H32N4O4/c1-28-25(32)19-5-7-22(8-6-19)30-15-16-31(26(30)33)23-9-10-24-20(17-23)18-34-27(35-24)11-13-29(14-12-27)21-3-2-4-21/h5-10,17,21H,2-4,11-16,18H2,1H3,(H,28,32). The van der Waals surface area contributed by atoms with Gasteiger partial charge in [0.2, 0.25) is 5.79 Å². The van der Waals surface area contributed by atoms with Crippen molar-refractivity contribution >= 4 is 23.3 Å². The number of anilines is 2. The van der Waals surface area contributed by atoms with E-state index in [1.165, 1.54) is 19.3 Å². The molecule has 2 saturated heterocycles. The number of piperidine rings is 1. The van der Waals surface area contributed by atoms with E-state index in [1.807, 2.05) is 30.3 Å². The molecule has 3 amide bonds. The SMILES string of the molecule is CNC(=O)c1ccc(N2CCN(c3ccc4c(c3)COC3(CCN(C5CCC5)CC3)O4)C2=O)cc1. The molecule has 1 saturated carbocycles. The van der Waals surface area contributed by atoms with Crippen LogP contribution in [0.15, 0.2) is 42.5 Å². The molecule has 0 radical (unpaired) electrons. The summed E-state index contributed by atoms with van der Waals surface area (Å²) in [5.41, 5.74) is 3.18. The molecular formula is C27H32N4O4. The fourth-order valence-electron chi connectivity index (χ4n) is 5.57. The normalized spacial score (nSPS) is 22.0. The Morgan fingerprint density at radius 2 is 1.66 bits per heavy atom. The summed E-state index contributed by atoms with van der Waals surface area (Å²) in [5.74, 6) is 0.205. The number of fused-ring (bicyclic) bond motifs is 1. The Bertz CT molecular complexity index is 1120. The van der Waals surface area contributed by atoms with Gasteiger partial charge in [-0.15, -0.1) is 0 Å². The van der Waals surface area contributed by atoms with Crippen molar-refractivity contribution < 1.29 is 19.1 Å². The fourth-order valence-corrected chi connectivity index (χ4v) is 5.57. The summed E-state index contributed by atoms with van der Waals surface area (Å²) < 4.78 is 12.7. The third kappa shape index (κ3) is 4.04. The lowest BCUT2D eigenvalue weighted by Crippen LogP contribution is -2.54. The number of carbonyl (C=O) groups excluding carboxylic acids is 2. The number of hydrogen-bond acceptors (Lipinski definition) is 5. The number of urea groups is 1. The van der Waals surface area contributed by atoms with Gasteiger partial charge in [0, 0.05) is 74.6 Å². The molecular weight excluding hydrogens is 444 g/mol. The number of likely N-dealkylation sites (tertiary alicyclic amines) is 1. The maximum Gasteiger partial charge on any atom is 0.329 e. The number of carbonyl (C=O) groups is 2. The summed E-state index contributed by atoms with van der Waals surface area (Å²) >= 11 is 0. The molecule has 184 valence electrons. The minimum absolute atomic E-state index is 0.0740. The largest absolute Gasteiger partial charge is 0.462 e. The molecule has 0 atom stereocenters. The molecule has 3 fully saturated rings. The van der Waals surface area contributed by atoms with Gasteiger partial charge in [0.25, 0.3) is 5.91 Å². The average molecular weight is 477 g/mol. The highest BCUT2D eigenvalue weighted by molar-refractivity contribution is 6.06. The molecule has 8 nitrogen and oxygen atoms in total. The molecule has 3 aliphatic heterocycles. The Morgan fingerprint density at radius 1 is 0.971 bits per heavy atom. The minimum atomic E-state index is -0.518. The second kappa shape index (κ2) is 8.84. The van der Waals surface area contributed by atoms with Crippen LogP contribution in [0.25, 0.3) is 0 Å². The Morgan fingerprint density at radius 3 is 2.31 bits per heavy atom. The number of nitrogens with zero attached hydrogens (tertiary/aromatic N) is 3. The highest BCUT2D eigenvalue weighted by Gasteiger charge is 2.43. The van der Waals surface area contributed by atoms with E-state index in [0.717, 1.165) is 54.7 Å². The van der Waals surface area contributed by atoms with Crippen molar-refractivity contribution in [3.63, 3.8) is 0 Å². The molecule has 1 spiro atoms. The number of ether oxygens (including phenoxy) is 2. The van der Waals surface area contributed by atoms with Gasteiger partial charge in [0.05, 0.1) is 6.61 Å². The van der Waals surface area contributed by atoms with Crippen LogP contribution in [0.1, 0.15) is 48.0 Å². The Kier molecular flexibility index (Phi) is 5.65. The maximum atomic E-state index is 13.2. The average Bonchev–Trinajstić information content (AvgIpc) is 3.25. The summed E-state index contributed by atoms with van der Waals surface area (Å²) in [6.07, 6.45) is 5.80. The summed E-state index contributed by atoms with van der Waals surface area (Å²) in [7, 11) is 1.60. The van der Waals surface area contributed by atoms with Gasteiger partial charge in [-0.3, -0.25) is 19.5 Å². The molecule has 1 N–H and O–H groups in total. The summed E-state index contributed by atoms with van der Waals surface area (Å²) in [6.45, 7) is 3.74. The monoisotopic (exact) mass is 476 g/mol. The van der Waals surface area contributed by atoms with Crippen molar-refractivity contribution in [1.29, 1.82) is 0 Å². The molecule has 3 heterocycles. The molecule has 0 unspecified atom stereocenters. The quantitative estimate of drug-likeness (QED) is 0.728. The maximum absolute atomic E-state index is 13.2. The van der Waals surface area contributed by atoms with E-state index in [4.69, 9.17) is 9.47 Å². The topological polar surface area (TPSA) is 74.3 Å². The van der Waals surface area contributed by atoms with E-state index >= 15 is 0 Å². The second-order valence-corrected chi connectivity index (χ2v) is 9.93. The zero-order valence-electron chi connectivity index (χ0n) is 20.2. The first kappa shape index (κ1) is 22.4. The van der Waals surface area contributed by atoms with Crippen molar-refractivity contribution in [3.8, 4) is 5.75 Å². The molecule has 0 aromatic heterocycles. The van der Waals surface area contributed by atoms with Gasteiger partial charge >= 0.3 is 6.03 Å². The lowest BCUT2D eigenvalue weighted by atomic mass is 9.89. The van der Waals surface area contributed by atoms with Crippen LogP contribution in [-0.2, 0) is 11.3 Å². The van der Waals surface area contributed by atoms with Crippen molar-refractivity contribution in [1.82, 2.24) is 10.2 Å². The van der Waals surface area contributed by atoms with Gasteiger partial charge in [0.15, 0.2) is 0 Å². The smallest absolute Gasteiger partial charge is 0.329 e. The molecule has 6 rings (SSSR count). The lowest BCUT2D eigenvalue weighted by Gasteiger charge is -2.47. The second-order valence-electron chi connectivity index (χ2n) is 9.93. The molecule has 0 bridgehead atoms. The van der Waals surface area contributed by atoms with Crippen LogP contribution < -0.4 is 19.9 Å². The van der Waals surface area contributed by atoms with Gasteiger partial charge in [-0.1, -0.05) is 6.42 Å². The third-order valence-electron chi connectivity index (χ3n) is 7.97. The first-order valence-corrected chi connectivity index (χ1v) is 12.7. The number of hydrogen-bond donors (Lipinski definition) is 1. The number of nitrogens with one attached hydrogen (secondary N) is 1. The van der Waals surface area contributed by atoms with E-state index < -0.39 is 5.79 Å². The van der Waals surface area contributed by atoms with Crippen molar-refractivity contribution in [2.45, 2.75) is 50.5 Å². The first-order valence-electron chi connectivity index (χ1n) is 12.7. The van der Waals surface area contributed by atoms with Gasteiger partial charge in [-0.25, -0.2) is 4.79 Å². The molecule has 35 heavy (non-hydrogen) atoms.